The minimum absolute atomic E-state index is 0.000677. The van der Waals surface area contributed by atoms with E-state index in [2.05, 4.69) is 57.6 Å². The van der Waals surface area contributed by atoms with Crippen molar-refractivity contribution in [2.45, 2.75) is 95.4 Å². The van der Waals surface area contributed by atoms with Crippen molar-refractivity contribution in [2.24, 2.45) is 0 Å². The lowest BCUT2D eigenvalue weighted by Gasteiger charge is -2.27. The van der Waals surface area contributed by atoms with Crippen LogP contribution in [0.2, 0.25) is 0 Å². The van der Waals surface area contributed by atoms with Crippen LogP contribution < -0.4 is 14.8 Å². The van der Waals surface area contributed by atoms with Crippen molar-refractivity contribution in [1.29, 1.82) is 0 Å². The normalized spacial score (nSPS) is 15.6. The van der Waals surface area contributed by atoms with Crippen LogP contribution in [0.25, 0.3) is 0 Å². The fourth-order valence-corrected chi connectivity index (χ4v) is 5.58. The van der Waals surface area contributed by atoms with Crippen LogP contribution in [0, 0.1) is 0 Å². The monoisotopic (exact) mass is 500 g/mol. The Bertz CT molecular complexity index is 1120. The number of sulfonamides is 1. The summed E-state index contributed by atoms with van der Waals surface area (Å²) < 4.78 is 34.1. The highest BCUT2D eigenvalue weighted by Crippen LogP contribution is 2.35. The van der Waals surface area contributed by atoms with Crippen LogP contribution in [0.5, 0.6) is 5.75 Å². The zero-order valence-electron chi connectivity index (χ0n) is 21.9. The Hall–Kier alpha value is -2.38. The molecule has 1 aliphatic carbocycles. The van der Waals surface area contributed by atoms with E-state index in [4.69, 9.17) is 4.74 Å². The van der Waals surface area contributed by atoms with E-state index < -0.39 is 10.0 Å². The molecule has 2 aromatic rings. The molecule has 0 bridgehead atoms. The highest BCUT2D eigenvalue weighted by Gasteiger charge is 2.24. The summed E-state index contributed by atoms with van der Waals surface area (Å²) in [5.41, 5.74) is 2.67. The predicted molar refractivity (Wildman–Crippen MR) is 142 cm³/mol. The van der Waals surface area contributed by atoms with Gasteiger partial charge in [-0.1, -0.05) is 72.9 Å². The third kappa shape index (κ3) is 7.55. The second-order valence-corrected chi connectivity index (χ2v) is 13.2. The molecule has 0 atom stereocenters. The summed E-state index contributed by atoms with van der Waals surface area (Å²) in [7, 11) is -3.57. The molecule has 0 aromatic heterocycles. The van der Waals surface area contributed by atoms with Crippen molar-refractivity contribution in [1.82, 2.24) is 4.72 Å². The van der Waals surface area contributed by atoms with Gasteiger partial charge in [0, 0.05) is 11.7 Å². The molecule has 1 saturated carbocycles. The van der Waals surface area contributed by atoms with E-state index in [1.165, 1.54) is 17.7 Å². The van der Waals surface area contributed by atoms with Crippen molar-refractivity contribution in [2.75, 3.05) is 11.9 Å². The second kappa shape index (κ2) is 10.7. The number of hydrogen-bond acceptors (Lipinski definition) is 4. The van der Waals surface area contributed by atoms with Gasteiger partial charge in [-0.2, -0.15) is 0 Å². The van der Waals surface area contributed by atoms with Gasteiger partial charge in [0.25, 0.3) is 5.91 Å². The smallest absolute Gasteiger partial charge is 0.262 e. The number of carbonyl (C=O) groups is 1. The van der Waals surface area contributed by atoms with Crippen LogP contribution in [-0.4, -0.2) is 27.0 Å². The molecule has 6 nitrogen and oxygen atoms in total. The van der Waals surface area contributed by atoms with Gasteiger partial charge in [-0.05, 0) is 65.1 Å². The van der Waals surface area contributed by atoms with Crippen LogP contribution in [0.3, 0.4) is 0 Å². The van der Waals surface area contributed by atoms with Gasteiger partial charge < -0.3 is 10.1 Å². The molecule has 3 rings (SSSR count). The first kappa shape index (κ1) is 27.2. The van der Waals surface area contributed by atoms with Crippen LogP contribution in [0.1, 0.15) is 84.8 Å². The SMILES string of the molecule is CC(C)(C)c1ccc(OCC(=O)Nc2ccc(S(=O)(=O)NC3CCCCC3)cc2)c(C(C)(C)C)c1. The first-order chi connectivity index (χ1) is 16.3. The number of hydrogen-bond donors (Lipinski definition) is 2. The third-order valence-electron chi connectivity index (χ3n) is 6.39. The molecule has 1 amide bonds. The highest BCUT2D eigenvalue weighted by molar-refractivity contribution is 7.89. The number of anilines is 1. The minimum atomic E-state index is -3.57. The Morgan fingerprint density at radius 2 is 1.54 bits per heavy atom. The summed E-state index contributed by atoms with van der Waals surface area (Å²) >= 11 is 0. The molecule has 0 radical (unpaired) electrons. The molecule has 0 saturated heterocycles. The molecule has 0 heterocycles. The van der Waals surface area contributed by atoms with E-state index in [1.807, 2.05) is 12.1 Å². The van der Waals surface area contributed by atoms with Gasteiger partial charge in [0.1, 0.15) is 5.75 Å². The van der Waals surface area contributed by atoms with Crippen molar-refractivity contribution in [3.63, 3.8) is 0 Å². The number of nitrogens with one attached hydrogen (secondary N) is 2. The molecule has 2 aromatic carbocycles. The first-order valence-electron chi connectivity index (χ1n) is 12.5. The number of benzene rings is 2. The zero-order valence-corrected chi connectivity index (χ0v) is 22.7. The predicted octanol–water partition coefficient (Wildman–Crippen LogP) is 5.91. The molecule has 7 heteroatoms. The van der Waals surface area contributed by atoms with Gasteiger partial charge in [0.2, 0.25) is 10.0 Å². The van der Waals surface area contributed by atoms with Gasteiger partial charge in [-0.15, -0.1) is 0 Å². The minimum Gasteiger partial charge on any atom is -0.483 e. The number of ether oxygens (including phenoxy) is 1. The Kier molecular flexibility index (Phi) is 8.32. The Morgan fingerprint density at radius 3 is 2.11 bits per heavy atom. The molecule has 0 aliphatic heterocycles. The maximum atomic E-state index is 12.7. The maximum Gasteiger partial charge on any atom is 0.262 e. The third-order valence-corrected chi connectivity index (χ3v) is 7.92. The van der Waals surface area contributed by atoms with Gasteiger partial charge in [-0.3, -0.25) is 4.79 Å². The summed E-state index contributed by atoms with van der Waals surface area (Å²) in [6.07, 6.45) is 5.03. The zero-order chi connectivity index (χ0) is 25.9. The number of amides is 1. The molecule has 1 fully saturated rings. The topological polar surface area (TPSA) is 84.5 Å². The van der Waals surface area contributed by atoms with Gasteiger partial charge in [0.05, 0.1) is 4.90 Å². The lowest BCUT2D eigenvalue weighted by Crippen LogP contribution is -2.36. The maximum absolute atomic E-state index is 12.7. The van der Waals surface area contributed by atoms with Gasteiger partial charge >= 0.3 is 0 Å². The fourth-order valence-electron chi connectivity index (χ4n) is 4.27. The molecule has 1 aliphatic rings. The van der Waals surface area contributed by atoms with Crippen molar-refractivity contribution in [3.05, 3.63) is 53.6 Å². The van der Waals surface area contributed by atoms with Crippen molar-refractivity contribution < 1.29 is 17.9 Å². The van der Waals surface area contributed by atoms with Crippen LogP contribution in [0.4, 0.5) is 5.69 Å². The van der Waals surface area contributed by atoms with E-state index in [-0.39, 0.29) is 34.3 Å². The van der Waals surface area contributed by atoms with E-state index in [9.17, 15) is 13.2 Å². The highest BCUT2D eigenvalue weighted by atomic mass is 32.2. The Morgan fingerprint density at radius 1 is 0.914 bits per heavy atom. The number of carbonyl (C=O) groups excluding carboxylic acids is 1. The number of rotatable bonds is 7. The van der Waals surface area contributed by atoms with Crippen LogP contribution >= 0.6 is 0 Å². The van der Waals surface area contributed by atoms with Gasteiger partial charge in [0.15, 0.2) is 6.61 Å². The average Bonchev–Trinajstić information content (AvgIpc) is 2.77. The van der Waals surface area contributed by atoms with Crippen molar-refractivity contribution in [3.8, 4) is 5.75 Å². The summed E-state index contributed by atoms with van der Waals surface area (Å²) in [5, 5.41) is 2.79. The standard InChI is InChI=1S/C28H40N2O4S/c1-27(2,3)20-12-17-25(24(18-20)28(4,5)6)34-19-26(31)29-21-13-15-23(16-14-21)35(32,33)30-22-10-8-7-9-11-22/h12-18,22,30H,7-11,19H2,1-6H3,(H,29,31). The van der Waals surface area contributed by atoms with Crippen LogP contribution in [0.15, 0.2) is 47.4 Å². The van der Waals surface area contributed by atoms with Gasteiger partial charge in [-0.25, -0.2) is 13.1 Å². The summed E-state index contributed by atoms with van der Waals surface area (Å²) in [6, 6.07) is 12.4. The van der Waals surface area contributed by atoms with Crippen LogP contribution in [-0.2, 0) is 25.6 Å². The first-order valence-corrected chi connectivity index (χ1v) is 13.9. The molecule has 2 N–H and O–H groups in total. The summed E-state index contributed by atoms with van der Waals surface area (Å²) in [5.74, 6) is 0.386. The lowest BCUT2D eigenvalue weighted by molar-refractivity contribution is -0.118. The quantitative estimate of drug-likeness (QED) is 0.495. The average molecular weight is 501 g/mol. The molecular formula is C28H40N2O4S. The van der Waals surface area contributed by atoms with Crippen molar-refractivity contribution >= 4 is 21.6 Å². The molecule has 192 valence electrons. The summed E-state index contributed by atoms with van der Waals surface area (Å²) in [4.78, 5) is 12.8. The molecule has 0 unspecified atom stereocenters. The fraction of sp³-hybridized carbons (Fsp3) is 0.536. The second-order valence-electron chi connectivity index (χ2n) is 11.5. The van der Waals surface area contributed by atoms with E-state index >= 15 is 0 Å². The Balaban J connectivity index is 1.62. The molecular weight excluding hydrogens is 460 g/mol. The largest absolute Gasteiger partial charge is 0.483 e. The Labute approximate surface area is 210 Å². The van der Waals surface area contributed by atoms with E-state index in [0.717, 1.165) is 37.7 Å². The molecule has 35 heavy (non-hydrogen) atoms. The summed E-state index contributed by atoms with van der Waals surface area (Å²) in [6.45, 7) is 12.8. The van der Waals surface area contributed by atoms with E-state index in [1.54, 1.807) is 12.1 Å². The van der Waals surface area contributed by atoms with E-state index in [0.29, 0.717) is 11.4 Å². The molecule has 0 spiro atoms. The lowest BCUT2D eigenvalue weighted by atomic mass is 9.80.